The minimum atomic E-state index is -0.0227. The normalized spacial score (nSPS) is 23.4. The topological polar surface area (TPSA) is 75.9 Å². The summed E-state index contributed by atoms with van der Waals surface area (Å²) in [5.74, 6) is 1.24. The molecule has 26 heavy (non-hydrogen) atoms. The quantitative estimate of drug-likeness (QED) is 0.908. The maximum atomic E-state index is 12.7. The third-order valence-electron chi connectivity index (χ3n) is 5.73. The molecule has 3 heterocycles. The van der Waals surface area contributed by atoms with Crippen LogP contribution in [0.1, 0.15) is 48.3 Å². The highest BCUT2D eigenvalue weighted by Crippen LogP contribution is 2.30. The fourth-order valence-corrected chi connectivity index (χ4v) is 4.39. The molecule has 1 aromatic carbocycles. The molecule has 4 rings (SSSR count). The van der Waals surface area contributed by atoms with Crippen LogP contribution in [0.3, 0.4) is 0 Å². The number of hydrogen-bond donors (Lipinski definition) is 1. The van der Waals surface area contributed by atoms with Crippen LogP contribution in [0.5, 0.6) is 0 Å². The monoisotopic (exact) mass is 354 g/mol. The fraction of sp³-hybridized carbons (Fsp3) is 0.579. The van der Waals surface area contributed by atoms with E-state index in [0.717, 1.165) is 12.2 Å². The van der Waals surface area contributed by atoms with Crippen molar-refractivity contribution < 1.29 is 4.79 Å². The first-order valence-electron chi connectivity index (χ1n) is 9.60. The van der Waals surface area contributed by atoms with Crippen LogP contribution < -0.4 is 5.32 Å². The molecule has 2 aliphatic rings. The average molecular weight is 354 g/mol. The van der Waals surface area contributed by atoms with Crippen molar-refractivity contribution >= 4 is 5.91 Å². The zero-order chi connectivity index (χ0) is 17.9. The molecule has 0 aliphatic carbocycles. The molecule has 0 radical (unpaired) electrons. The second kappa shape index (κ2) is 7.53. The van der Waals surface area contributed by atoms with E-state index in [4.69, 9.17) is 0 Å². The van der Waals surface area contributed by atoms with Crippen LogP contribution in [0.2, 0.25) is 0 Å². The van der Waals surface area contributed by atoms with E-state index >= 15 is 0 Å². The van der Waals surface area contributed by atoms with E-state index in [9.17, 15) is 4.79 Å². The number of carbonyl (C=O) groups excluding carboxylic acids is 1. The first-order valence-corrected chi connectivity index (χ1v) is 9.60. The highest BCUT2D eigenvalue weighted by atomic mass is 16.1. The minimum Gasteiger partial charge on any atom is -0.352 e. The third-order valence-corrected chi connectivity index (χ3v) is 5.73. The van der Waals surface area contributed by atoms with Crippen LogP contribution in [0.15, 0.2) is 24.3 Å². The molecule has 0 spiro atoms. The van der Waals surface area contributed by atoms with Crippen molar-refractivity contribution in [3.63, 3.8) is 0 Å². The largest absolute Gasteiger partial charge is 0.352 e. The number of fused-ring (bicyclic) bond motifs is 1. The zero-order valence-electron chi connectivity index (χ0n) is 15.3. The summed E-state index contributed by atoms with van der Waals surface area (Å²) >= 11 is 0. The summed E-state index contributed by atoms with van der Waals surface area (Å²) in [6.07, 6.45) is 6.36. The standard InChI is InChI=1S/C19H26N6O/c1-14-21-22-23-25(14)17-8-4-6-15(12-17)19(26)20-13-16-7-5-11-24-10-3-2-9-18(16)24/h4,6,8,12,16,18H,2-3,5,7,9-11,13H2,1H3,(H,20,26). The molecule has 0 saturated carbocycles. The molecule has 7 nitrogen and oxygen atoms in total. The highest BCUT2D eigenvalue weighted by Gasteiger charge is 2.32. The molecule has 1 aromatic heterocycles. The molecule has 2 atom stereocenters. The molecular formula is C19H26N6O. The Kier molecular flexibility index (Phi) is 4.97. The molecule has 1 amide bonds. The van der Waals surface area contributed by atoms with Crippen LogP contribution in [0, 0.1) is 12.8 Å². The van der Waals surface area contributed by atoms with Gasteiger partial charge in [-0.2, -0.15) is 4.68 Å². The van der Waals surface area contributed by atoms with Crippen molar-refractivity contribution in [1.82, 2.24) is 30.4 Å². The number of nitrogens with zero attached hydrogens (tertiary/aromatic N) is 5. The molecule has 0 bridgehead atoms. The highest BCUT2D eigenvalue weighted by molar-refractivity contribution is 5.94. The molecular weight excluding hydrogens is 328 g/mol. The second-order valence-corrected chi connectivity index (χ2v) is 7.40. The van der Waals surface area contributed by atoms with E-state index in [-0.39, 0.29) is 5.91 Å². The number of piperidine rings is 2. The maximum absolute atomic E-state index is 12.7. The van der Waals surface area contributed by atoms with Crippen LogP contribution in [-0.2, 0) is 0 Å². The van der Waals surface area contributed by atoms with Gasteiger partial charge in [-0.05, 0) is 80.2 Å². The van der Waals surface area contributed by atoms with Crippen molar-refractivity contribution in [2.24, 2.45) is 5.92 Å². The summed E-state index contributed by atoms with van der Waals surface area (Å²) in [5.41, 5.74) is 1.45. The van der Waals surface area contributed by atoms with Crippen molar-refractivity contribution in [3.8, 4) is 5.69 Å². The Hall–Kier alpha value is -2.28. The molecule has 2 aromatic rings. The van der Waals surface area contributed by atoms with Gasteiger partial charge in [-0.25, -0.2) is 0 Å². The van der Waals surface area contributed by atoms with Crippen molar-refractivity contribution in [1.29, 1.82) is 0 Å². The number of nitrogens with one attached hydrogen (secondary N) is 1. The number of hydrogen-bond acceptors (Lipinski definition) is 5. The Labute approximate surface area is 153 Å². The summed E-state index contributed by atoms with van der Waals surface area (Å²) in [7, 11) is 0. The lowest BCUT2D eigenvalue weighted by atomic mass is 9.83. The zero-order valence-corrected chi connectivity index (χ0v) is 15.3. The van der Waals surface area contributed by atoms with Gasteiger partial charge in [0.25, 0.3) is 5.91 Å². The van der Waals surface area contributed by atoms with Gasteiger partial charge in [0.05, 0.1) is 5.69 Å². The summed E-state index contributed by atoms with van der Waals surface area (Å²) in [6.45, 7) is 5.05. The van der Waals surface area contributed by atoms with Gasteiger partial charge in [-0.3, -0.25) is 4.79 Å². The molecule has 2 saturated heterocycles. The number of carbonyl (C=O) groups is 1. The van der Waals surface area contributed by atoms with Gasteiger partial charge in [0.1, 0.15) is 0 Å². The number of aryl methyl sites for hydroxylation is 1. The van der Waals surface area contributed by atoms with Gasteiger partial charge in [0.2, 0.25) is 0 Å². The van der Waals surface area contributed by atoms with E-state index in [1.165, 1.54) is 45.2 Å². The van der Waals surface area contributed by atoms with Crippen LogP contribution >= 0.6 is 0 Å². The third kappa shape index (κ3) is 3.49. The predicted molar refractivity (Wildman–Crippen MR) is 98.2 cm³/mol. The summed E-state index contributed by atoms with van der Waals surface area (Å²) in [4.78, 5) is 15.3. The molecule has 2 unspecified atom stereocenters. The Morgan fingerprint density at radius 1 is 1.23 bits per heavy atom. The lowest BCUT2D eigenvalue weighted by molar-refractivity contribution is 0.0575. The second-order valence-electron chi connectivity index (χ2n) is 7.40. The lowest BCUT2D eigenvalue weighted by Gasteiger charge is -2.44. The maximum Gasteiger partial charge on any atom is 0.251 e. The van der Waals surface area contributed by atoms with E-state index in [1.807, 2.05) is 31.2 Å². The van der Waals surface area contributed by atoms with E-state index < -0.39 is 0 Å². The average Bonchev–Trinajstić information content (AvgIpc) is 3.12. The lowest BCUT2D eigenvalue weighted by Crippen LogP contribution is -2.51. The van der Waals surface area contributed by atoms with Crippen molar-refractivity contribution in [2.75, 3.05) is 19.6 Å². The summed E-state index contributed by atoms with van der Waals surface area (Å²) in [5, 5.41) is 14.7. The molecule has 1 N–H and O–H groups in total. The van der Waals surface area contributed by atoms with Gasteiger partial charge in [0.15, 0.2) is 5.82 Å². The number of amides is 1. The first-order chi connectivity index (χ1) is 12.7. The van der Waals surface area contributed by atoms with E-state index in [0.29, 0.717) is 23.3 Å². The number of rotatable bonds is 4. The van der Waals surface area contributed by atoms with Crippen LogP contribution in [0.25, 0.3) is 5.69 Å². The minimum absolute atomic E-state index is 0.0227. The van der Waals surface area contributed by atoms with Crippen LogP contribution in [-0.4, -0.2) is 56.7 Å². The Morgan fingerprint density at radius 2 is 2.12 bits per heavy atom. The smallest absolute Gasteiger partial charge is 0.251 e. The predicted octanol–water partition coefficient (Wildman–Crippen LogP) is 1.97. The van der Waals surface area contributed by atoms with Gasteiger partial charge < -0.3 is 10.2 Å². The Morgan fingerprint density at radius 3 is 2.96 bits per heavy atom. The summed E-state index contributed by atoms with van der Waals surface area (Å²) < 4.78 is 1.64. The SMILES string of the molecule is Cc1nnnn1-c1cccc(C(=O)NCC2CCCN3CCCCC23)c1. The number of aromatic nitrogens is 4. The van der Waals surface area contributed by atoms with E-state index in [2.05, 4.69) is 25.7 Å². The molecule has 2 aliphatic heterocycles. The Bertz CT molecular complexity index is 771. The van der Waals surface area contributed by atoms with Gasteiger partial charge >= 0.3 is 0 Å². The molecule has 2 fully saturated rings. The van der Waals surface area contributed by atoms with Crippen molar-refractivity contribution in [2.45, 2.75) is 45.1 Å². The van der Waals surface area contributed by atoms with E-state index in [1.54, 1.807) is 4.68 Å². The number of benzene rings is 1. The summed E-state index contributed by atoms with van der Waals surface area (Å²) in [6, 6.07) is 8.10. The van der Waals surface area contributed by atoms with Gasteiger partial charge in [-0.15, -0.1) is 5.10 Å². The fourth-order valence-electron chi connectivity index (χ4n) is 4.39. The Balaban J connectivity index is 1.41. The molecule has 7 heteroatoms. The van der Waals surface area contributed by atoms with Crippen molar-refractivity contribution in [3.05, 3.63) is 35.7 Å². The van der Waals surface area contributed by atoms with Crippen LogP contribution in [0.4, 0.5) is 0 Å². The number of tetrazole rings is 1. The first kappa shape index (κ1) is 17.1. The van der Waals surface area contributed by atoms with Gasteiger partial charge in [-0.1, -0.05) is 12.5 Å². The molecule has 138 valence electrons. The van der Waals surface area contributed by atoms with Gasteiger partial charge in [0, 0.05) is 18.2 Å².